The Morgan fingerprint density at radius 3 is 2.78 bits per heavy atom. The first-order valence-corrected chi connectivity index (χ1v) is 8.84. The first kappa shape index (κ1) is 19.8. The number of thioether (sulfide) groups is 1. The molecule has 1 rings (SSSR count). The summed E-state index contributed by atoms with van der Waals surface area (Å²) in [6, 6.07) is 7.53. The van der Waals surface area contributed by atoms with E-state index in [1.165, 1.54) is 16.7 Å². The summed E-state index contributed by atoms with van der Waals surface area (Å²) in [5.41, 5.74) is 1.06. The molecule has 0 heterocycles. The lowest BCUT2D eigenvalue weighted by molar-refractivity contribution is -0.148. The summed E-state index contributed by atoms with van der Waals surface area (Å²) >= 11 is 7.41. The number of nitrogens with zero attached hydrogens (tertiary/aromatic N) is 1. The van der Waals surface area contributed by atoms with Crippen molar-refractivity contribution in [2.45, 2.75) is 12.7 Å². The van der Waals surface area contributed by atoms with Crippen molar-refractivity contribution < 1.29 is 19.1 Å². The van der Waals surface area contributed by atoms with Crippen LogP contribution in [0.2, 0.25) is 5.02 Å². The number of carbonyl (C=O) groups excluding carboxylic acids is 2. The van der Waals surface area contributed by atoms with Crippen molar-refractivity contribution in [2.24, 2.45) is 0 Å². The molecule has 1 aromatic rings. The standard InChI is InChI=1S/C16H22ClNO4S/c1-3-22-16(20)10-18(7-8-21-2)15(19)12-23-11-13-5-4-6-14(17)9-13/h4-6,9H,3,7-8,10-12H2,1-2H3. The number of amides is 1. The number of halogens is 1. The molecule has 0 fully saturated rings. The zero-order chi connectivity index (χ0) is 17.1. The molecule has 0 radical (unpaired) electrons. The van der Waals surface area contributed by atoms with Crippen LogP contribution in [-0.4, -0.2) is 55.9 Å². The molecule has 0 spiro atoms. The quantitative estimate of drug-likeness (QED) is 0.601. The van der Waals surface area contributed by atoms with Gasteiger partial charge in [0.1, 0.15) is 6.54 Å². The highest BCUT2D eigenvalue weighted by molar-refractivity contribution is 7.99. The fourth-order valence-corrected chi connectivity index (χ4v) is 2.92. The van der Waals surface area contributed by atoms with Crippen molar-refractivity contribution in [1.82, 2.24) is 4.90 Å². The van der Waals surface area contributed by atoms with Crippen molar-refractivity contribution in [1.29, 1.82) is 0 Å². The summed E-state index contributed by atoms with van der Waals surface area (Å²) < 4.78 is 9.88. The number of hydrogen-bond acceptors (Lipinski definition) is 5. The van der Waals surface area contributed by atoms with Gasteiger partial charge in [0, 0.05) is 24.4 Å². The monoisotopic (exact) mass is 359 g/mol. The van der Waals surface area contributed by atoms with Gasteiger partial charge in [-0.25, -0.2) is 0 Å². The highest BCUT2D eigenvalue weighted by atomic mass is 35.5. The third kappa shape index (κ3) is 8.25. The molecular formula is C16H22ClNO4S. The van der Waals surface area contributed by atoms with Crippen LogP contribution in [0.3, 0.4) is 0 Å². The lowest BCUT2D eigenvalue weighted by atomic mass is 10.2. The second kappa shape index (κ2) is 11.3. The van der Waals surface area contributed by atoms with Gasteiger partial charge < -0.3 is 14.4 Å². The van der Waals surface area contributed by atoms with Gasteiger partial charge in [0.05, 0.1) is 19.0 Å². The van der Waals surface area contributed by atoms with Gasteiger partial charge in [-0.15, -0.1) is 11.8 Å². The van der Waals surface area contributed by atoms with E-state index in [2.05, 4.69) is 0 Å². The molecule has 0 aliphatic carbocycles. The second-order valence-corrected chi connectivity index (χ2v) is 6.16. The van der Waals surface area contributed by atoms with E-state index < -0.39 is 5.97 Å². The molecule has 0 N–H and O–H groups in total. The molecule has 128 valence electrons. The molecule has 0 unspecified atom stereocenters. The Morgan fingerprint density at radius 2 is 2.13 bits per heavy atom. The molecule has 0 atom stereocenters. The number of methoxy groups -OCH3 is 1. The van der Waals surface area contributed by atoms with E-state index in [0.29, 0.717) is 30.5 Å². The minimum Gasteiger partial charge on any atom is -0.465 e. The van der Waals surface area contributed by atoms with Gasteiger partial charge in [-0.2, -0.15) is 0 Å². The van der Waals surface area contributed by atoms with Crippen LogP contribution >= 0.6 is 23.4 Å². The number of esters is 1. The van der Waals surface area contributed by atoms with Gasteiger partial charge in [0.2, 0.25) is 5.91 Å². The maximum Gasteiger partial charge on any atom is 0.325 e. The van der Waals surface area contributed by atoms with Crippen LogP contribution < -0.4 is 0 Å². The van der Waals surface area contributed by atoms with Crippen LogP contribution in [0, 0.1) is 0 Å². The molecule has 0 saturated carbocycles. The lowest BCUT2D eigenvalue weighted by Crippen LogP contribution is -2.39. The smallest absolute Gasteiger partial charge is 0.325 e. The summed E-state index contributed by atoms with van der Waals surface area (Å²) in [5.74, 6) is 0.457. The van der Waals surface area contributed by atoms with Gasteiger partial charge in [-0.3, -0.25) is 9.59 Å². The van der Waals surface area contributed by atoms with Crippen molar-refractivity contribution in [3.63, 3.8) is 0 Å². The van der Waals surface area contributed by atoms with Gasteiger partial charge in [-0.1, -0.05) is 23.7 Å². The Hall–Kier alpha value is -1.24. The van der Waals surface area contributed by atoms with Crippen molar-refractivity contribution in [3.8, 4) is 0 Å². The first-order valence-electron chi connectivity index (χ1n) is 7.31. The van der Waals surface area contributed by atoms with Crippen LogP contribution in [0.25, 0.3) is 0 Å². The Labute approximate surface area is 146 Å². The minimum absolute atomic E-state index is 0.0479. The minimum atomic E-state index is -0.406. The third-order valence-electron chi connectivity index (χ3n) is 2.93. The highest BCUT2D eigenvalue weighted by Gasteiger charge is 2.17. The number of hydrogen-bond donors (Lipinski definition) is 0. The summed E-state index contributed by atoms with van der Waals surface area (Å²) in [6.45, 7) is 2.73. The van der Waals surface area contributed by atoms with Crippen molar-refractivity contribution in [3.05, 3.63) is 34.9 Å². The molecule has 23 heavy (non-hydrogen) atoms. The van der Waals surface area contributed by atoms with Crippen LogP contribution in [0.5, 0.6) is 0 Å². The molecule has 1 amide bonds. The molecule has 0 aromatic heterocycles. The van der Waals surface area contributed by atoms with Gasteiger partial charge in [0.15, 0.2) is 0 Å². The maximum absolute atomic E-state index is 12.3. The fraction of sp³-hybridized carbons (Fsp3) is 0.500. The van der Waals surface area contributed by atoms with E-state index in [9.17, 15) is 9.59 Å². The summed E-state index contributed by atoms with van der Waals surface area (Å²) in [6.07, 6.45) is 0. The zero-order valence-corrected chi connectivity index (χ0v) is 15.0. The highest BCUT2D eigenvalue weighted by Crippen LogP contribution is 2.17. The fourth-order valence-electron chi connectivity index (χ4n) is 1.83. The first-order chi connectivity index (χ1) is 11.1. The zero-order valence-electron chi connectivity index (χ0n) is 13.4. The Bertz CT molecular complexity index is 513. The predicted octanol–water partition coefficient (Wildman–Crippen LogP) is 2.61. The number of rotatable bonds is 10. The van der Waals surface area contributed by atoms with E-state index in [-0.39, 0.29) is 18.2 Å². The SMILES string of the molecule is CCOC(=O)CN(CCOC)C(=O)CSCc1cccc(Cl)c1. The third-order valence-corrected chi connectivity index (χ3v) is 4.15. The summed E-state index contributed by atoms with van der Waals surface area (Å²) in [7, 11) is 1.56. The number of benzene rings is 1. The molecule has 0 aliphatic rings. The predicted molar refractivity (Wildman–Crippen MR) is 92.7 cm³/mol. The molecule has 7 heteroatoms. The van der Waals surface area contributed by atoms with Gasteiger partial charge >= 0.3 is 5.97 Å². The molecule has 0 aliphatic heterocycles. The lowest BCUT2D eigenvalue weighted by Gasteiger charge is -2.21. The molecule has 1 aromatic carbocycles. The summed E-state index contributed by atoms with van der Waals surface area (Å²) in [5, 5.41) is 0.679. The van der Waals surface area contributed by atoms with Crippen LogP contribution in [0.15, 0.2) is 24.3 Å². The van der Waals surface area contributed by atoms with Crippen molar-refractivity contribution in [2.75, 3.05) is 39.2 Å². The average molecular weight is 360 g/mol. The van der Waals surface area contributed by atoms with Crippen LogP contribution in [-0.2, 0) is 24.8 Å². The summed E-state index contributed by atoms with van der Waals surface area (Å²) in [4.78, 5) is 25.3. The van der Waals surface area contributed by atoms with Crippen molar-refractivity contribution >= 4 is 35.2 Å². The van der Waals surface area contributed by atoms with Gasteiger partial charge in [0.25, 0.3) is 0 Å². The van der Waals surface area contributed by atoms with E-state index in [0.717, 1.165) is 5.56 Å². The normalized spacial score (nSPS) is 10.4. The average Bonchev–Trinajstić information content (AvgIpc) is 2.51. The maximum atomic E-state index is 12.3. The van der Waals surface area contributed by atoms with Gasteiger partial charge in [-0.05, 0) is 24.6 Å². The largest absolute Gasteiger partial charge is 0.465 e. The van der Waals surface area contributed by atoms with Crippen LogP contribution in [0.4, 0.5) is 0 Å². The Kier molecular flexibility index (Phi) is 9.75. The van der Waals surface area contributed by atoms with E-state index in [4.69, 9.17) is 21.1 Å². The molecule has 0 saturated heterocycles. The number of ether oxygens (including phenoxy) is 2. The Balaban J connectivity index is 2.46. The Morgan fingerprint density at radius 1 is 1.35 bits per heavy atom. The van der Waals surface area contributed by atoms with Crippen LogP contribution in [0.1, 0.15) is 12.5 Å². The van der Waals surface area contributed by atoms with E-state index >= 15 is 0 Å². The second-order valence-electron chi connectivity index (χ2n) is 4.74. The molecule has 5 nitrogen and oxygen atoms in total. The topological polar surface area (TPSA) is 55.8 Å². The molecule has 0 bridgehead atoms. The molecular weight excluding hydrogens is 338 g/mol. The van der Waals surface area contributed by atoms with E-state index in [1.807, 2.05) is 24.3 Å². The van der Waals surface area contributed by atoms with E-state index in [1.54, 1.807) is 14.0 Å². The number of carbonyl (C=O) groups is 2.